The summed E-state index contributed by atoms with van der Waals surface area (Å²) < 4.78 is 0. The third-order valence-electron chi connectivity index (χ3n) is 14.8. The first kappa shape index (κ1) is 25.9. The number of fused-ring (bicyclic) bond motifs is 10. The van der Waals surface area contributed by atoms with Gasteiger partial charge in [0.05, 0.1) is 0 Å². The quantitative estimate of drug-likeness (QED) is 0.283. The molecule has 0 radical (unpaired) electrons. The molecule has 0 aromatic rings. The lowest BCUT2D eigenvalue weighted by molar-refractivity contribution is -0.0969. The fraction of sp³-hybridized carbons (Fsp3) is 0.789. The summed E-state index contributed by atoms with van der Waals surface area (Å²) in [6.07, 6.45) is 39.3. The zero-order valence-electron chi connectivity index (χ0n) is 25.2. The van der Waals surface area contributed by atoms with E-state index in [1.54, 1.807) is 24.8 Å². The SMILES string of the molecule is C[C@@]12C=CC[C@H]1[C@@H]1CCC3=CCC=C[C@]3(C)[C@H]1CC2.C[C@]12CCCC[C@@H]1CC[C@@H]1[C@@H]2CC[C@]2(C)C=CC[C@@H]12. The van der Waals surface area contributed by atoms with Crippen molar-refractivity contribution >= 4 is 0 Å². The van der Waals surface area contributed by atoms with Crippen LogP contribution in [0.1, 0.15) is 124 Å². The molecular weight excluding hydrogens is 456 g/mol. The van der Waals surface area contributed by atoms with Crippen LogP contribution in [0.3, 0.4) is 0 Å². The van der Waals surface area contributed by atoms with Crippen molar-refractivity contribution in [1.82, 2.24) is 0 Å². The summed E-state index contributed by atoms with van der Waals surface area (Å²) in [5, 5.41) is 0. The van der Waals surface area contributed by atoms with Crippen LogP contribution in [0.2, 0.25) is 0 Å². The fourth-order valence-corrected chi connectivity index (χ4v) is 12.6. The normalized spacial score (nSPS) is 53.8. The van der Waals surface area contributed by atoms with Crippen molar-refractivity contribution in [2.24, 2.45) is 63.1 Å². The molecule has 0 N–H and O–H groups in total. The Morgan fingerprint density at radius 1 is 0.605 bits per heavy atom. The van der Waals surface area contributed by atoms with Crippen molar-refractivity contribution in [2.75, 3.05) is 0 Å². The highest BCUT2D eigenvalue weighted by Gasteiger charge is 2.56. The van der Waals surface area contributed by atoms with E-state index in [9.17, 15) is 0 Å². The van der Waals surface area contributed by atoms with Crippen LogP contribution in [-0.4, -0.2) is 0 Å². The smallest absolute Gasteiger partial charge is 0.00936 e. The molecule has 0 heterocycles. The molecule has 8 aliphatic rings. The first-order valence-electron chi connectivity index (χ1n) is 17.0. The molecule has 11 atom stereocenters. The van der Waals surface area contributed by atoms with Gasteiger partial charge >= 0.3 is 0 Å². The summed E-state index contributed by atoms with van der Waals surface area (Å²) in [5.41, 5.74) is 3.96. The standard InChI is InChI=1S/C19H30.C19H26/c2*1-18-11-5-7-16(18)15-9-8-14-6-3-4-12-19(14,2)17(15)10-13-18/h5,11,14-17H,3-4,6-10,12-13H2,1-2H3;4-6,11-12,15-17H,3,7-10,13H2,1-2H3/t14-,15+,16+,17+,18+,19+;15-,16-,17-,18-,19-/m10/s1. The van der Waals surface area contributed by atoms with Crippen LogP contribution in [0.25, 0.3) is 0 Å². The predicted octanol–water partition coefficient (Wildman–Crippen LogP) is 10.9. The van der Waals surface area contributed by atoms with Crippen LogP contribution < -0.4 is 0 Å². The van der Waals surface area contributed by atoms with Crippen molar-refractivity contribution in [3.63, 3.8) is 0 Å². The van der Waals surface area contributed by atoms with Gasteiger partial charge < -0.3 is 0 Å². The Morgan fingerprint density at radius 3 is 2.03 bits per heavy atom. The summed E-state index contributed by atoms with van der Waals surface area (Å²) in [6, 6.07) is 0. The van der Waals surface area contributed by atoms with Gasteiger partial charge in [-0.15, -0.1) is 0 Å². The molecule has 0 bridgehead atoms. The lowest BCUT2D eigenvalue weighted by Gasteiger charge is -2.59. The van der Waals surface area contributed by atoms with Crippen molar-refractivity contribution in [2.45, 2.75) is 124 Å². The Labute approximate surface area is 234 Å². The van der Waals surface area contributed by atoms with E-state index in [4.69, 9.17) is 0 Å². The van der Waals surface area contributed by atoms with Crippen LogP contribution in [0.15, 0.2) is 48.1 Å². The van der Waals surface area contributed by atoms with E-state index in [0.717, 1.165) is 41.4 Å². The van der Waals surface area contributed by atoms with E-state index in [-0.39, 0.29) is 0 Å². The topological polar surface area (TPSA) is 0 Å². The Morgan fingerprint density at radius 2 is 1.29 bits per heavy atom. The van der Waals surface area contributed by atoms with Gasteiger partial charge in [0.1, 0.15) is 0 Å². The van der Waals surface area contributed by atoms with E-state index >= 15 is 0 Å². The first-order valence-corrected chi connectivity index (χ1v) is 17.0. The lowest BCUT2D eigenvalue weighted by Crippen LogP contribution is -2.51. The summed E-state index contributed by atoms with van der Waals surface area (Å²) in [5.74, 6) is 6.96. The minimum absolute atomic E-state index is 0.394. The van der Waals surface area contributed by atoms with Crippen LogP contribution in [0.5, 0.6) is 0 Å². The van der Waals surface area contributed by atoms with Gasteiger partial charge in [-0.25, -0.2) is 0 Å². The van der Waals surface area contributed by atoms with Gasteiger partial charge in [-0.05, 0) is 141 Å². The van der Waals surface area contributed by atoms with Crippen molar-refractivity contribution < 1.29 is 0 Å². The van der Waals surface area contributed by atoms with Gasteiger partial charge in [0.25, 0.3) is 0 Å². The van der Waals surface area contributed by atoms with Gasteiger partial charge in [-0.2, -0.15) is 0 Å². The molecule has 8 aliphatic carbocycles. The minimum Gasteiger partial charge on any atom is -0.0877 e. The Hall–Kier alpha value is -1.04. The Balaban J connectivity index is 0.000000127. The van der Waals surface area contributed by atoms with Crippen LogP contribution >= 0.6 is 0 Å². The zero-order valence-corrected chi connectivity index (χ0v) is 25.2. The highest BCUT2D eigenvalue weighted by atomic mass is 14.6. The third-order valence-corrected chi connectivity index (χ3v) is 14.8. The third kappa shape index (κ3) is 3.80. The van der Waals surface area contributed by atoms with E-state index in [1.807, 2.05) is 0 Å². The molecule has 0 aromatic carbocycles. The van der Waals surface area contributed by atoms with Crippen LogP contribution in [0.4, 0.5) is 0 Å². The average molecular weight is 513 g/mol. The molecule has 0 nitrogen and oxygen atoms in total. The monoisotopic (exact) mass is 512 g/mol. The molecule has 5 fully saturated rings. The Kier molecular flexibility index (Phi) is 6.30. The van der Waals surface area contributed by atoms with E-state index in [0.29, 0.717) is 21.7 Å². The fourth-order valence-electron chi connectivity index (χ4n) is 12.6. The summed E-state index contributed by atoms with van der Waals surface area (Å²) in [6.45, 7) is 10.3. The zero-order chi connectivity index (χ0) is 26.2. The molecule has 208 valence electrons. The van der Waals surface area contributed by atoms with Crippen LogP contribution in [0, 0.1) is 63.1 Å². The van der Waals surface area contributed by atoms with Crippen molar-refractivity contribution in [3.8, 4) is 0 Å². The summed E-state index contributed by atoms with van der Waals surface area (Å²) >= 11 is 0. The summed E-state index contributed by atoms with van der Waals surface area (Å²) in [4.78, 5) is 0. The molecule has 0 amide bonds. The maximum absolute atomic E-state index is 2.68. The number of hydrogen-bond acceptors (Lipinski definition) is 0. The van der Waals surface area contributed by atoms with Gasteiger partial charge in [-0.1, -0.05) is 88.6 Å². The molecule has 5 saturated carbocycles. The molecule has 0 heteroatoms. The maximum atomic E-state index is 2.68. The first-order chi connectivity index (χ1) is 18.3. The molecule has 0 spiro atoms. The predicted molar refractivity (Wildman–Crippen MR) is 162 cm³/mol. The molecule has 0 aliphatic heterocycles. The minimum atomic E-state index is 0.394. The second kappa shape index (κ2) is 9.24. The molecule has 0 unspecified atom stereocenters. The van der Waals surface area contributed by atoms with E-state index < -0.39 is 0 Å². The van der Waals surface area contributed by atoms with Crippen molar-refractivity contribution in [3.05, 3.63) is 48.1 Å². The summed E-state index contributed by atoms with van der Waals surface area (Å²) in [7, 11) is 0. The van der Waals surface area contributed by atoms with Gasteiger partial charge in [0, 0.05) is 5.41 Å². The second-order valence-electron chi connectivity index (χ2n) is 16.3. The highest BCUT2D eigenvalue weighted by molar-refractivity contribution is 5.32. The maximum Gasteiger partial charge on any atom is 0.00936 e. The van der Waals surface area contributed by atoms with Crippen LogP contribution in [-0.2, 0) is 0 Å². The lowest BCUT2D eigenvalue weighted by atomic mass is 9.45. The number of rotatable bonds is 0. The molecule has 8 rings (SSSR count). The van der Waals surface area contributed by atoms with E-state index in [1.165, 1.54) is 77.0 Å². The molecule has 0 aromatic heterocycles. The van der Waals surface area contributed by atoms with Crippen molar-refractivity contribution in [1.29, 1.82) is 0 Å². The average Bonchev–Trinajstić information content (AvgIpc) is 3.51. The Bertz CT molecular complexity index is 1040. The number of allylic oxidation sites excluding steroid dienone is 8. The molecular formula is C38H56. The second-order valence-corrected chi connectivity index (χ2v) is 16.3. The van der Waals surface area contributed by atoms with Gasteiger partial charge in [-0.3, -0.25) is 0 Å². The molecule has 0 saturated heterocycles. The van der Waals surface area contributed by atoms with Gasteiger partial charge in [0.15, 0.2) is 0 Å². The molecule has 38 heavy (non-hydrogen) atoms. The highest BCUT2D eigenvalue weighted by Crippen LogP contribution is 2.65. The van der Waals surface area contributed by atoms with E-state index in [2.05, 4.69) is 70.2 Å². The van der Waals surface area contributed by atoms with Gasteiger partial charge in [0.2, 0.25) is 0 Å². The largest absolute Gasteiger partial charge is 0.0877 e. The number of hydrogen-bond donors (Lipinski definition) is 0.